The molecular formula is C22H24ClN5O2. The number of anilines is 1. The molecule has 0 saturated carbocycles. The second-order valence-corrected chi connectivity index (χ2v) is 7.86. The lowest BCUT2D eigenvalue weighted by Crippen LogP contribution is -2.49. The van der Waals surface area contributed by atoms with Crippen molar-refractivity contribution in [2.24, 2.45) is 0 Å². The Morgan fingerprint density at radius 3 is 2.63 bits per heavy atom. The molecule has 0 atom stereocenters. The Morgan fingerprint density at radius 2 is 1.93 bits per heavy atom. The van der Waals surface area contributed by atoms with Crippen LogP contribution in [-0.4, -0.2) is 59.5 Å². The third kappa shape index (κ3) is 3.85. The lowest BCUT2D eigenvalue weighted by Gasteiger charge is -2.36. The molecule has 30 heavy (non-hydrogen) atoms. The van der Waals surface area contributed by atoms with Crippen molar-refractivity contribution >= 4 is 40.1 Å². The van der Waals surface area contributed by atoms with Gasteiger partial charge in [-0.3, -0.25) is 9.59 Å². The van der Waals surface area contributed by atoms with Crippen LogP contribution in [-0.2, 0) is 11.3 Å². The first-order valence-corrected chi connectivity index (χ1v) is 10.3. The Bertz CT molecular complexity index is 1100. The highest BCUT2D eigenvalue weighted by atomic mass is 35.5. The summed E-state index contributed by atoms with van der Waals surface area (Å²) in [6, 6.07) is 9.38. The van der Waals surface area contributed by atoms with Crippen molar-refractivity contribution in [3.63, 3.8) is 0 Å². The Kier molecular flexibility index (Phi) is 5.63. The van der Waals surface area contributed by atoms with Crippen molar-refractivity contribution in [1.29, 1.82) is 0 Å². The van der Waals surface area contributed by atoms with E-state index in [1.165, 1.54) is 0 Å². The second-order valence-electron chi connectivity index (χ2n) is 7.43. The summed E-state index contributed by atoms with van der Waals surface area (Å²) in [7, 11) is 1.59. The van der Waals surface area contributed by atoms with Gasteiger partial charge in [0, 0.05) is 56.0 Å². The number of piperazine rings is 1. The molecule has 4 rings (SSSR count). The number of hydrogen-bond acceptors (Lipinski definition) is 4. The minimum Gasteiger partial charge on any atom is -0.358 e. The molecule has 7 nitrogen and oxygen atoms in total. The van der Waals surface area contributed by atoms with Gasteiger partial charge in [-0.2, -0.15) is 0 Å². The summed E-state index contributed by atoms with van der Waals surface area (Å²) >= 11 is 6.16. The molecule has 0 radical (unpaired) electrons. The van der Waals surface area contributed by atoms with Crippen LogP contribution in [0, 0.1) is 6.92 Å². The first-order valence-electron chi connectivity index (χ1n) is 9.92. The average Bonchev–Trinajstić information content (AvgIpc) is 3.11. The van der Waals surface area contributed by atoms with Gasteiger partial charge in [0.25, 0.3) is 5.91 Å². The van der Waals surface area contributed by atoms with Gasteiger partial charge in [0.1, 0.15) is 12.4 Å². The van der Waals surface area contributed by atoms with Gasteiger partial charge in [-0.05, 0) is 30.7 Å². The van der Waals surface area contributed by atoms with Crippen LogP contribution in [0.4, 0.5) is 5.82 Å². The minimum absolute atomic E-state index is 0.0321. The number of fused-ring (bicyclic) bond motifs is 1. The summed E-state index contributed by atoms with van der Waals surface area (Å²) in [6.45, 7) is 4.87. The molecule has 1 fully saturated rings. The summed E-state index contributed by atoms with van der Waals surface area (Å²) in [6.07, 6.45) is 3.56. The smallest absolute Gasteiger partial charge is 0.256 e. The quantitative estimate of drug-likeness (QED) is 0.697. The van der Waals surface area contributed by atoms with E-state index in [4.69, 9.17) is 11.6 Å². The lowest BCUT2D eigenvalue weighted by molar-refractivity contribution is -0.121. The number of likely N-dealkylation sites (N-methyl/N-ethyl adjacent to an activating group) is 1. The molecule has 3 heterocycles. The van der Waals surface area contributed by atoms with Gasteiger partial charge in [-0.15, -0.1) is 0 Å². The number of carbonyl (C=O) groups is 2. The van der Waals surface area contributed by atoms with Crippen LogP contribution in [0.3, 0.4) is 0 Å². The van der Waals surface area contributed by atoms with Gasteiger partial charge in [0.05, 0.1) is 11.1 Å². The number of nitrogens with zero attached hydrogens (tertiary/aromatic N) is 4. The molecule has 1 N–H and O–H groups in total. The zero-order valence-electron chi connectivity index (χ0n) is 17.1. The largest absolute Gasteiger partial charge is 0.358 e. The third-order valence-corrected chi connectivity index (χ3v) is 5.75. The fourth-order valence-corrected chi connectivity index (χ4v) is 4.07. The van der Waals surface area contributed by atoms with Crippen LogP contribution in [0.15, 0.2) is 42.7 Å². The van der Waals surface area contributed by atoms with E-state index in [0.717, 1.165) is 35.4 Å². The number of halogens is 1. The average molecular weight is 426 g/mol. The molecular weight excluding hydrogens is 402 g/mol. The van der Waals surface area contributed by atoms with Crippen LogP contribution < -0.4 is 10.2 Å². The van der Waals surface area contributed by atoms with E-state index in [1.54, 1.807) is 36.1 Å². The monoisotopic (exact) mass is 425 g/mol. The molecule has 0 aliphatic carbocycles. The van der Waals surface area contributed by atoms with Gasteiger partial charge >= 0.3 is 0 Å². The Balaban J connectivity index is 1.57. The number of carbonyl (C=O) groups excluding carboxylic acids is 2. The molecule has 1 aromatic carbocycles. The van der Waals surface area contributed by atoms with Crippen LogP contribution >= 0.6 is 11.6 Å². The molecule has 156 valence electrons. The second kappa shape index (κ2) is 8.36. The number of rotatable bonds is 4. The maximum atomic E-state index is 13.3. The van der Waals surface area contributed by atoms with Crippen LogP contribution in [0.2, 0.25) is 5.02 Å². The third-order valence-electron chi connectivity index (χ3n) is 5.52. The summed E-state index contributed by atoms with van der Waals surface area (Å²) < 4.78 is 1.78. The maximum absolute atomic E-state index is 13.3. The van der Waals surface area contributed by atoms with E-state index >= 15 is 0 Å². The summed E-state index contributed by atoms with van der Waals surface area (Å²) in [5.41, 5.74) is 2.50. The van der Waals surface area contributed by atoms with Crippen LogP contribution in [0.25, 0.3) is 10.9 Å². The van der Waals surface area contributed by atoms with Crippen molar-refractivity contribution in [2.45, 2.75) is 13.5 Å². The summed E-state index contributed by atoms with van der Waals surface area (Å²) in [5.74, 6) is 0.807. The lowest BCUT2D eigenvalue weighted by atomic mass is 10.1. The number of aryl methyl sites for hydroxylation is 1. The Hall–Kier alpha value is -3.06. The molecule has 2 amide bonds. The van der Waals surface area contributed by atoms with Crippen molar-refractivity contribution in [2.75, 3.05) is 38.1 Å². The first kappa shape index (κ1) is 20.2. The topological polar surface area (TPSA) is 70.5 Å². The van der Waals surface area contributed by atoms with Crippen molar-refractivity contribution in [3.05, 3.63) is 58.9 Å². The number of benzene rings is 1. The zero-order valence-corrected chi connectivity index (χ0v) is 17.8. The fourth-order valence-electron chi connectivity index (χ4n) is 3.90. The molecule has 1 aliphatic rings. The molecule has 3 aromatic rings. The normalized spacial score (nSPS) is 14.2. The molecule has 1 aliphatic heterocycles. The van der Waals surface area contributed by atoms with Gasteiger partial charge in [0.2, 0.25) is 5.91 Å². The molecule has 1 saturated heterocycles. The van der Waals surface area contributed by atoms with E-state index < -0.39 is 0 Å². The number of pyridine rings is 1. The SMILES string of the molecule is CNC(=O)Cn1cc(C(=O)N2CCN(c3ncccc3C)CC2)c2ccc(Cl)cc21. The van der Waals surface area contributed by atoms with Gasteiger partial charge in [-0.1, -0.05) is 23.7 Å². The molecule has 8 heteroatoms. The fraction of sp³-hybridized carbons (Fsp3) is 0.318. The number of nitrogens with one attached hydrogen (secondary N) is 1. The predicted octanol–water partition coefficient (Wildman–Crippen LogP) is 2.71. The van der Waals surface area contributed by atoms with Gasteiger partial charge < -0.3 is 19.7 Å². The number of hydrogen-bond donors (Lipinski definition) is 1. The van der Waals surface area contributed by atoms with Crippen molar-refractivity contribution in [3.8, 4) is 0 Å². The summed E-state index contributed by atoms with van der Waals surface area (Å²) in [4.78, 5) is 33.8. The Labute approximate surface area is 180 Å². The molecule has 0 bridgehead atoms. The predicted molar refractivity (Wildman–Crippen MR) is 118 cm³/mol. The number of aromatic nitrogens is 2. The first-order chi connectivity index (χ1) is 14.5. The highest BCUT2D eigenvalue weighted by molar-refractivity contribution is 6.31. The van der Waals surface area contributed by atoms with E-state index in [1.807, 2.05) is 30.0 Å². The van der Waals surface area contributed by atoms with Gasteiger partial charge in [-0.25, -0.2) is 4.98 Å². The number of amides is 2. The highest BCUT2D eigenvalue weighted by Crippen LogP contribution is 2.27. The van der Waals surface area contributed by atoms with Crippen molar-refractivity contribution in [1.82, 2.24) is 19.8 Å². The van der Waals surface area contributed by atoms with Crippen molar-refractivity contribution < 1.29 is 9.59 Å². The summed E-state index contributed by atoms with van der Waals surface area (Å²) in [5, 5.41) is 3.99. The molecule has 0 spiro atoms. The van der Waals surface area contributed by atoms with Gasteiger partial charge in [0.15, 0.2) is 0 Å². The zero-order chi connectivity index (χ0) is 21.3. The van der Waals surface area contributed by atoms with E-state index in [2.05, 4.69) is 15.2 Å². The maximum Gasteiger partial charge on any atom is 0.256 e. The Morgan fingerprint density at radius 1 is 1.17 bits per heavy atom. The molecule has 0 unspecified atom stereocenters. The highest BCUT2D eigenvalue weighted by Gasteiger charge is 2.26. The van der Waals surface area contributed by atoms with E-state index in [0.29, 0.717) is 23.7 Å². The molecule has 2 aromatic heterocycles. The van der Waals surface area contributed by atoms with Crippen LogP contribution in [0.1, 0.15) is 15.9 Å². The van der Waals surface area contributed by atoms with Crippen LogP contribution in [0.5, 0.6) is 0 Å². The van der Waals surface area contributed by atoms with E-state index in [9.17, 15) is 9.59 Å². The standard InChI is InChI=1S/C22H24ClN5O2/c1-15-4-3-7-25-21(15)26-8-10-27(11-9-26)22(30)18-13-28(14-20(29)24-2)19-12-16(23)5-6-17(18)19/h3-7,12-13H,8-11,14H2,1-2H3,(H,24,29). The van der Waals surface area contributed by atoms with E-state index in [-0.39, 0.29) is 18.4 Å². The minimum atomic E-state index is -0.134.